The van der Waals surface area contributed by atoms with Crippen LogP contribution < -0.4 is 0 Å². The van der Waals surface area contributed by atoms with Crippen LogP contribution >= 0.6 is 0 Å². The molecule has 7 nitrogen and oxygen atoms in total. The van der Waals surface area contributed by atoms with Crippen molar-refractivity contribution >= 4 is 24.0 Å². The summed E-state index contributed by atoms with van der Waals surface area (Å²) in [5.41, 5.74) is 2.00. The van der Waals surface area contributed by atoms with Gasteiger partial charge in [0.25, 0.3) is 0 Å². The van der Waals surface area contributed by atoms with E-state index in [-0.39, 0.29) is 30.8 Å². The van der Waals surface area contributed by atoms with Crippen LogP contribution in [0.2, 0.25) is 0 Å². The first-order valence-corrected chi connectivity index (χ1v) is 10.5. The summed E-state index contributed by atoms with van der Waals surface area (Å²) < 4.78 is 9.39. The molecule has 1 rings (SSSR count). The zero-order valence-corrected chi connectivity index (χ0v) is 19.8. The third kappa shape index (κ3) is 19.0. The topological polar surface area (TPSA) is 110 Å². The maximum atomic E-state index is 11.3. The highest BCUT2D eigenvalue weighted by atomic mass is 16.5. The van der Waals surface area contributed by atoms with E-state index in [9.17, 15) is 14.4 Å². The molecule has 7 heteroatoms. The highest BCUT2D eigenvalue weighted by Gasteiger charge is 2.08. The molecular weight excluding hydrogens is 424 g/mol. The van der Waals surface area contributed by atoms with Gasteiger partial charge in [0.2, 0.25) is 0 Å². The second kappa shape index (κ2) is 20.5. The van der Waals surface area contributed by atoms with Crippen LogP contribution in [-0.4, -0.2) is 47.9 Å². The lowest BCUT2D eigenvalue weighted by molar-refractivity contribution is -0.140. The number of ether oxygens (including phenoxy) is 2. The van der Waals surface area contributed by atoms with Crippen molar-refractivity contribution in [2.45, 2.75) is 40.0 Å². The molecule has 0 aliphatic carbocycles. The van der Waals surface area contributed by atoms with Crippen molar-refractivity contribution in [3.05, 3.63) is 78.4 Å². The Hall–Kier alpha value is -3.45. The molecule has 0 aliphatic heterocycles. The van der Waals surface area contributed by atoms with E-state index in [1.807, 2.05) is 43.3 Å². The number of esters is 2. The van der Waals surface area contributed by atoms with Gasteiger partial charge in [-0.15, -0.1) is 0 Å². The standard InChI is InChI=1S/C12H18O4.C8H8.C6H10O3/c1-4-5-8-16-12(15)10(3)7-6-9(2)11(13)14;1-2-8-6-4-3-5-7-8;1-5(2)6(8)9-4-3-7/h6H,3-5,7-8H2,1-2H3,(H,13,14);2-7H,1H2;7H,1,3-4H2,2H3. The molecule has 33 heavy (non-hydrogen) atoms. The number of carboxylic acids is 1. The number of rotatable bonds is 11. The number of allylic oxidation sites excluding steroid dienone is 1. The van der Waals surface area contributed by atoms with E-state index in [4.69, 9.17) is 14.9 Å². The van der Waals surface area contributed by atoms with Crippen molar-refractivity contribution in [3.63, 3.8) is 0 Å². The Kier molecular flexibility index (Phi) is 19.7. The van der Waals surface area contributed by atoms with Gasteiger partial charge in [-0.3, -0.25) is 0 Å². The first-order chi connectivity index (χ1) is 15.6. The Morgan fingerprint density at radius 2 is 1.58 bits per heavy atom. The zero-order valence-electron chi connectivity index (χ0n) is 19.8. The van der Waals surface area contributed by atoms with Gasteiger partial charge in [-0.05, 0) is 32.3 Å². The molecule has 0 unspecified atom stereocenters. The number of carboxylic acid groups (broad SMARTS) is 1. The lowest BCUT2D eigenvalue weighted by Crippen LogP contribution is -2.08. The maximum Gasteiger partial charge on any atom is 0.333 e. The minimum Gasteiger partial charge on any atom is -0.478 e. The third-order valence-electron chi connectivity index (χ3n) is 3.72. The highest BCUT2D eigenvalue weighted by molar-refractivity contribution is 5.89. The molecule has 0 saturated heterocycles. The molecule has 1 aromatic rings. The number of aliphatic carboxylic acids is 1. The van der Waals surface area contributed by atoms with E-state index in [1.165, 1.54) is 18.6 Å². The van der Waals surface area contributed by atoms with E-state index in [1.54, 1.807) is 6.92 Å². The number of unbranched alkanes of at least 4 members (excludes halogenated alkanes) is 1. The van der Waals surface area contributed by atoms with Gasteiger partial charge in [0.15, 0.2) is 0 Å². The van der Waals surface area contributed by atoms with Crippen LogP contribution in [0.25, 0.3) is 6.08 Å². The van der Waals surface area contributed by atoms with E-state index in [0.29, 0.717) is 12.2 Å². The van der Waals surface area contributed by atoms with Crippen LogP contribution in [0.3, 0.4) is 0 Å². The monoisotopic (exact) mass is 460 g/mol. The van der Waals surface area contributed by atoms with Gasteiger partial charge in [0, 0.05) is 16.7 Å². The van der Waals surface area contributed by atoms with Crippen LogP contribution in [0.1, 0.15) is 45.6 Å². The molecule has 0 bridgehead atoms. The predicted molar refractivity (Wildman–Crippen MR) is 130 cm³/mol. The Morgan fingerprint density at radius 1 is 1.00 bits per heavy atom. The Morgan fingerprint density at radius 3 is 2.00 bits per heavy atom. The first-order valence-electron chi connectivity index (χ1n) is 10.5. The summed E-state index contributed by atoms with van der Waals surface area (Å²) in [5.74, 6) is -1.90. The summed E-state index contributed by atoms with van der Waals surface area (Å²) >= 11 is 0. The zero-order chi connectivity index (χ0) is 25.6. The molecule has 2 N–H and O–H groups in total. The minimum atomic E-state index is -0.993. The van der Waals surface area contributed by atoms with E-state index < -0.39 is 17.9 Å². The third-order valence-corrected chi connectivity index (χ3v) is 3.72. The number of hydrogen-bond acceptors (Lipinski definition) is 6. The summed E-state index contributed by atoms with van der Waals surface area (Å²) in [6.07, 6.45) is 5.27. The fourth-order valence-electron chi connectivity index (χ4n) is 1.71. The lowest BCUT2D eigenvalue weighted by Gasteiger charge is -2.04. The number of benzene rings is 1. The number of aliphatic hydroxyl groups excluding tert-OH is 1. The minimum absolute atomic E-state index is 0.0473. The molecule has 0 atom stereocenters. The highest BCUT2D eigenvalue weighted by Crippen LogP contribution is 2.06. The van der Waals surface area contributed by atoms with Gasteiger partial charge in [0.05, 0.1) is 13.2 Å². The van der Waals surface area contributed by atoms with Gasteiger partial charge >= 0.3 is 17.9 Å². The Bertz CT molecular complexity index is 792. The number of carbonyl (C=O) groups is 3. The summed E-state index contributed by atoms with van der Waals surface area (Å²) in [7, 11) is 0. The summed E-state index contributed by atoms with van der Waals surface area (Å²) in [5, 5.41) is 16.8. The summed E-state index contributed by atoms with van der Waals surface area (Å²) in [6.45, 7) is 15.9. The molecule has 0 fully saturated rings. The van der Waals surface area contributed by atoms with Crippen molar-refractivity contribution in [3.8, 4) is 0 Å². The summed E-state index contributed by atoms with van der Waals surface area (Å²) in [4.78, 5) is 32.2. The number of aliphatic hydroxyl groups is 1. The van der Waals surface area contributed by atoms with E-state index in [2.05, 4.69) is 24.5 Å². The predicted octanol–water partition coefficient (Wildman–Crippen LogP) is 4.73. The SMILES string of the molecule is C=C(C)C(=O)OCCO.C=C(CC=C(C)C(=O)O)C(=O)OCCCC.C=Cc1ccccc1. The van der Waals surface area contributed by atoms with Crippen molar-refractivity contribution < 1.29 is 34.1 Å². The molecule has 0 heterocycles. The van der Waals surface area contributed by atoms with Crippen LogP contribution in [0.15, 0.2) is 72.9 Å². The quantitative estimate of drug-likeness (QED) is 0.279. The molecule has 0 aliphatic rings. The van der Waals surface area contributed by atoms with Gasteiger partial charge in [-0.2, -0.15) is 0 Å². The van der Waals surface area contributed by atoms with Crippen LogP contribution in [0.5, 0.6) is 0 Å². The Balaban J connectivity index is 0. The van der Waals surface area contributed by atoms with Crippen LogP contribution in [0.4, 0.5) is 0 Å². The molecular formula is C26H36O7. The van der Waals surface area contributed by atoms with Gasteiger partial charge in [-0.25, -0.2) is 14.4 Å². The number of hydrogen-bond donors (Lipinski definition) is 2. The fraction of sp³-hybridized carbons (Fsp3) is 0.346. The van der Waals surface area contributed by atoms with Crippen LogP contribution in [0, 0.1) is 0 Å². The van der Waals surface area contributed by atoms with Crippen LogP contribution in [-0.2, 0) is 23.9 Å². The first kappa shape index (κ1) is 31.7. The van der Waals surface area contributed by atoms with Crippen molar-refractivity contribution in [2.24, 2.45) is 0 Å². The van der Waals surface area contributed by atoms with Gasteiger partial charge in [-0.1, -0.05) is 75.6 Å². The summed E-state index contributed by atoms with van der Waals surface area (Å²) in [6, 6.07) is 10.0. The van der Waals surface area contributed by atoms with Crippen molar-refractivity contribution in [1.29, 1.82) is 0 Å². The average molecular weight is 461 g/mol. The van der Waals surface area contributed by atoms with Crippen molar-refractivity contribution in [2.75, 3.05) is 19.8 Å². The van der Waals surface area contributed by atoms with Gasteiger partial charge < -0.3 is 19.7 Å². The molecule has 0 radical (unpaired) electrons. The maximum absolute atomic E-state index is 11.3. The average Bonchev–Trinajstić information content (AvgIpc) is 2.81. The lowest BCUT2D eigenvalue weighted by atomic mass is 10.1. The second-order valence-corrected chi connectivity index (χ2v) is 6.74. The molecule has 0 spiro atoms. The van der Waals surface area contributed by atoms with E-state index >= 15 is 0 Å². The molecule has 1 aromatic carbocycles. The molecule has 182 valence electrons. The molecule has 0 saturated carbocycles. The van der Waals surface area contributed by atoms with E-state index in [0.717, 1.165) is 12.8 Å². The molecule has 0 aromatic heterocycles. The van der Waals surface area contributed by atoms with Gasteiger partial charge in [0.1, 0.15) is 6.61 Å². The fourth-order valence-corrected chi connectivity index (χ4v) is 1.71. The second-order valence-electron chi connectivity index (χ2n) is 6.74. The normalized spacial score (nSPS) is 9.76. The number of carbonyl (C=O) groups excluding carboxylic acids is 2. The smallest absolute Gasteiger partial charge is 0.333 e. The molecule has 0 amide bonds. The van der Waals surface area contributed by atoms with Crippen molar-refractivity contribution in [1.82, 2.24) is 0 Å². The Labute approximate surface area is 196 Å². The largest absolute Gasteiger partial charge is 0.478 e.